The molecule has 1 saturated heterocycles. The zero-order valence-electron chi connectivity index (χ0n) is 49.5. The van der Waals surface area contributed by atoms with E-state index in [4.69, 9.17) is 61.2 Å². The first-order valence-corrected chi connectivity index (χ1v) is 31.8. The van der Waals surface area contributed by atoms with E-state index in [1.54, 1.807) is 11.6 Å². The van der Waals surface area contributed by atoms with Gasteiger partial charge in [-0.05, 0) is 27.1 Å². The third-order valence-corrected chi connectivity index (χ3v) is 12.3. The molecule has 21 N–H and O–H groups in total. The Kier molecular flexibility index (Phi) is 58.3. The molecule has 3 aliphatic rings. The minimum absolute atomic E-state index is 0. The second-order valence-corrected chi connectivity index (χ2v) is 24.1. The number of aliphatic imine (C=N–C) groups is 2. The number of H-pyrrole nitrogens is 1. The number of carbonyl (C=O) groups is 2. The second-order valence-electron chi connectivity index (χ2n) is 16.8. The van der Waals surface area contributed by atoms with E-state index in [2.05, 4.69) is 65.1 Å². The van der Waals surface area contributed by atoms with E-state index in [0.717, 1.165) is 26.7 Å². The third kappa shape index (κ3) is 42.7. The zero-order valence-corrected chi connectivity index (χ0v) is 59.4. The summed E-state index contributed by atoms with van der Waals surface area (Å²) in [5, 5.41) is 51.9. The number of imidazole rings is 1. The van der Waals surface area contributed by atoms with Gasteiger partial charge in [-0.3, -0.25) is 37.9 Å². The topological polar surface area (TPSA) is 607 Å². The second kappa shape index (κ2) is 51.5. The number of aldehydes is 2. The van der Waals surface area contributed by atoms with Gasteiger partial charge in [0.15, 0.2) is 23.3 Å². The van der Waals surface area contributed by atoms with Gasteiger partial charge in [0.05, 0.1) is 51.3 Å². The number of aliphatic hydroxyl groups is 4. The van der Waals surface area contributed by atoms with Crippen LogP contribution in [0.2, 0.25) is 0 Å². The van der Waals surface area contributed by atoms with Crippen molar-refractivity contribution in [2.45, 2.75) is 86.9 Å². The maximum atomic E-state index is 11.8. The summed E-state index contributed by atoms with van der Waals surface area (Å²) in [5.74, 6) is 0.124. The molecule has 14 atom stereocenters. The molecule has 1 fully saturated rings. The number of aromatic amines is 1. The van der Waals surface area contributed by atoms with Crippen LogP contribution < -0.4 is 68.3 Å². The van der Waals surface area contributed by atoms with Crippen LogP contribution in [-0.2, 0) is 120 Å². The number of anilines is 1. The molecule has 3 aliphatic heterocycles. The van der Waals surface area contributed by atoms with Gasteiger partial charge in [0, 0.05) is 128 Å². The summed E-state index contributed by atoms with van der Waals surface area (Å²) in [6, 6.07) is 0. The van der Waals surface area contributed by atoms with E-state index in [9.17, 15) is 58.0 Å². The fourth-order valence-corrected chi connectivity index (χ4v) is 9.52. The fourth-order valence-electron chi connectivity index (χ4n) is 6.59. The number of aromatic nitrogens is 4. The van der Waals surface area contributed by atoms with Gasteiger partial charge < -0.3 is 137 Å². The Labute approximate surface area is 558 Å². The van der Waals surface area contributed by atoms with Gasteiger partial charge in [-0.2, -0.15) is 4.98 Å². The van der Waals surface area contributed by atoms with Crippen LogP contribution in [0, 0.1) is 11.8 Å². The SMILES string of the molecule is CN.CNCCC(OP(C)(=O)O)C(O)COC.COCC(O)C(CC=O)OP(C)(=O)O.COCC(O)C(CC=O)OP(C)(=O)O.COCC1OC(n2cnc3c(=O)[nH]c(N)nc32)CC1OP(C)(=O)O.NC1=NC2N=CNC2=C(O)N1.[Au].[Au].[B].[C-]#N.[Na+].[OH3+]. The quantitative estimate of drug-likeness (QED) is 0.0130. The van der Waals surface area contributed by atoms with Crippen molar-refractivity contribution in [2.24, 2.45) is 21.5 Å². The number of hydrogen-bond acceptors (Lipinski definition) is 31. The zero-order chi connectivity index (χ0) is 63.6. The predicted molar refractivity (Wildman–Crippen MR) is 305 cm³/mol. The first-order chi connectivity index (χ1) is 38.3. The number of nitrogens with two attached hydrogens (primary N) is 3. The predicted octanol–water partition coefficient (Wildman–Crippen LogP) is -6.84. The summed E-state index contributed by atoms with van der Waals surface area (Å²) < 4.78 is 90.2. The normalized spacial score (nSPS) is 20.6. The summed E-state index contributed by atoms with van der Waals surface area (Å²) in [5.41, 5.74) is 15.9. The molecule has 5 heterocycles. The van der Waals surface area contributed by atoms with E-state index in [0.29, 0.717) is 31.2 Å². The summed E-state index contributed by atoms with van der Waals surface area (Å²) in [6.07, 6.45) is -3.63. The third-order valence-electron chi connectivity index (χ3n) is 9.69. The Morgan fingerprint density at radius 3 is 1.68 bits per heavy atom. The molecule has 0 aromatic carbocycles. The molecule has 5 radical (unpaired) electrons. The van der Waals surface area contributed by atoms with Crippen LogP contribution in [0.15, 0.2) is 32.7 Å². The summed E-state index contributed by atoms with van der Waals surface area (Å²) in [6.45, 7) is 9.67. The van der Waals surface area contributed by atoms with Crippen molar-refractivity contribution in [1.82, 2.24) is 35.5 Å². The number of methoxy groups -OCH3 is 4. The molecule has 0 saturated carbocycles. The van der Waals surface area contributed by atoms with E-state index in [-0.39, 0.29) is 163 Å². The Morgan fingerprint density at radius 1 is 0.828 bits per heavy atom. The van der Waals surface area contributed by atoms with E-state index >= 15 is 0 Å². The Morgan fingerprint density at radius 2 is 1.28 bits per heavy atom. The molecule has 14 unspecified atom stereocenters. The maximum Gasteiger partial charge on any atom is 1.00 e. The number of hydrogen-bond donors (Lipinski definition) is 15. The van der Waals surface area contributed by atoms with Gasteiger partial charge in [0.1, 0.15) is 61.1 Å². The molecule has 5 rings (SSSR count). The van der Waals surface area contributed by atoms with Crippen LogP contribution in [0.25, 0.3) is 11.2 Å². The van der Waals surface area contributed by atoms with Crippen molar-refractivity contribution in [3.63, 3.8) is 0 Å². The number of ether oxygens (including phenoxy) is 5. The van der Waals surface area contributed by atoms with Crippen molar-refractivity contribution >= 4 is 80.8 Å². The van der Waals surface area contributed by atoms with Crippen LogP contribution in [0.4, 0.5) is 5.95 Å². The van der Waals surface area contributed by atoms with Crippen LogP contribution in [0.5, 0.6) is 0 Å². The summed E-state index contributed by atoms with van der Waals surface area (Å²) >= 11 is 0. The smallest absolute Gasteiger partial charge is 0.512 e. The van der Waals surface area contributed by atoms with E-state index in [1.165, 1.54) is 48.2 Å². The number of nitrogens with zero attached hydrogens (tertiary/aromatic N) is 6. The minimum Gasteiger partial charge on any atom is -0.512 e. The van der Waals surface area contributed by atoms with Crippen LogP contribution in [0.3, 0.4) is 0 Å². The molecule has 87 heavy (non-hydrogen) atoms. The molecule has 2 aromatic rings. The van der Waals surface area contributed by atoms with Crippen molar-refractivity contribution in [2.75, 3.05) is 108 Å². The van der Waals surface area contributed by atoms with Gasteiger partial charge in [0.25, 0.3) is 5.56 Å². The first kappa shape index (κ1) is 98.5. The molecule has 38 nitrogen and oxygen atoms in total. The Balaban J connectivity index is -0.000000183. The molecular formula is C41H83Au2BN13NaO25P4+. The monoisotopic (exact) mass is 1710 g/mol. The van der Waals surface area contributed by atoms with Crippen molar-refractivity contribution in [3.8, 4) is 0 Å². The molecule has 0 spiro atoms. The van der Waals surface area contributed by atoms with Crippen LogP contribution in [-0.4, -0.2) is 250 Å². The standard InChI is InChI=1S/C12H18N5O6P.C8H20NO5P.2C7H15O6P.C5H7N5O.CH5N.CN.2Au.B.Na.H2O/c1-21-4-7-6(23-24(2,19)20)3-8(22-7)17-5-14-9-10(17)15-12(13)16-11(9)18;1-9-5-4-8(7(10)6-13-2)14-15(3,11)12;2*1-12-5-6(9)7(3-4-8)13-14(2,10)11;6-5-9-3-2(4(11)10-5)7-1-8-3;2*1-2;;;;;/h5-8H,3-4H2,1-2H3,(H,19,20)(H3,13,15,16,18);7-10H,4-6H2,1-3H3,(H,11,12);2*4,6-7,9H,3,5H2,1-2H3,(H,10,11);1,3,11H,(H,7,8)(H3,6,9,10);2H2,1H3;;;;;;1H2/q;;;;;;-1;;;;+1;/p+1. The fraction of sp³-hybridized carbons (Fsp3) is 0.707. The summed E-state index contributed by atoms with van der Waals surface area (Å²) in [7, 11) is -5.76. The number of nitrogens with one attached hydrogen (secondary N) is 4. The number of aliphatic hydroxyl groups excluding tert-OH is 4. The van der Waals surface area contributed by atoms with Crippen molar-refractivity contribution in [1.29, 1.82) is 5.26 Å². The maximum absolute atomic E-state index is 11.8. The van der Waals surface area contributed by atoms with Gasteiger partial charge >= 0.3 is 59.9 Å². The van der Waals surface area contributed by atoms with Gasteiger partial charge in [-0.1, -0.05) is 0 Å². The van der Waals surface area contributed by atoms with Crippen LogP contribution >= 0.6 is 30.4 Å². The number of fused-ring (bicyclic) bond motifs is 2. The Bertz CT molecular complexity index is 2520. The molecule has 0 amide bonds. The molecular weight excluding hydrogens is 1630 g/mol. The van der Waals surface area contributed by atoms with Gasteiger partial charge in [-0.15, -0.1) is 0 Å². The minimum atomic E-state index is -3.70. The number of carbonyl (C=O) groups excluding carboxylic acids is 2. The van der Waals surface area contributed by atoms with Gasteiger partial charge in [-0.25, -0.2) is 15.0 Å². The molecule has 507 valence electrons. The number of nitrogen functional groups attached to an aromatic ring is 1. The van der Waals surface area contributed by atoms with Gasteiger partial charge in [0.2, 0.25) is 11.8 Å². The largest absolute Gasteiger partial charge is 1.00 e. The average Bonchev–Trinajstić information content (AvgIpc) is 4.23. The molecule has 46 heteroatoms. The average molecular weight is 1710 g/mol. The Hall–Kier alpha value is -2.03. The molecule has 0 bridgehead atoms. The van der Waals surface area contributed by atoms with Crippen molar-refractivity contribution < 1.29 is 189 Å². The van der Waals surface area contributed by atoms with Crippen LogP contribution in [0.1, 0.15) is 31.9 Å². The first-order valence-electron chi connectivity index (χ1n) is 23.7. The number of rotatable bonds is 27. The summed E-state index contributed by atoms with van der Waals surface area (Å²) in [4.78, 5) is 86.8. The van der Waals surface area contributed by atoms with E-state index in [1.807, 2.05) is 0 Å². The van der Waals surface area contributed by atoms with Crippen molar-refractivity contribution in [3.05, 3.63) is 34.8 Å². The van der Waals surface area contributed by atoms with E-state index < -0.39 is 97.2 Å². The molecule has 0 aliphatic carbocycles. The molecule has 2 aromatic heterocycles. The number of guanidine groups is 1.